The van der Waals surface area contributed by atoms with E-state index in [1.54, 1.807) is 44.8 Å². The first-order chi connectivity index (χ1) is 14.1. The molecule has 1 amide bonds. The lowest BCUT2D eigenvalue weighted by atomic mass is 10.0. The van der Waals surface area contributed by atoms with Crippen molar-refractivity contribution in [2.45, 2.75) is 13.0 Å². The molecule has 0 fully saturated rings. The number of aromatic nitrogens is 3. The van der Waals surface area contributed by atoms with Crippen LogP contribution in [0.25, 0.3) is 0 Å². The zero-order valence-corrected chi connectivity index (χ0v) is 16.9. The van der Waals surface area contributed by atoms with Crippen LogP contribution in [0.4, 0.5) is 0 Å². The Morgan fingerprint density at radius 3 is 2.45 bits per heavy atom. The molecule has 0 saturated heterocycles. The molecule has 0 radical (unpaired) electrons. The van der Waals surface area contributed by atoms with Gasteiger partial charge in [-0.2, -0.15) is 0 Å². The van der Waals surface area contributed by atoms with Crippen LogP contribution in [0, 0.1) is 0 Å². The highest BCUT2D eigenvalue weighted by Crippen LogP contribution is 2.30. The van der Waals surface area contributed by atoms with E-state index >= 15 is 0 Å². The molecule has 1 atom stereocenters. The van der Waals surface area contributed by atoms with Crippen molar-refractivity contribution in [3.8, 4) is 17.4 Å². The minimum atomic E-state index is -0.541. The van der Waals surface area contributed by atoms with Crippen molar-refractivity contribution in [3.63, 3.8) is 0 Å². The number of benzene rings is 1. The maximum Gasteiger partial charge on any atom is 0.257 e. The van der Waals surface area contributed by atoms with Crippen LogP contribution < -0.4 is 19.5 Å². The molecule has 3 rings (SSSR count). The SMILES string of the molecule is CCOc1ncccc1C(=O)N[C@@H](c1cc(OC)cc(OC)c1)c1nccn1C. The van der Waals surface area contributed by atoms with Gasteiger partial charge in [-0.3, -0.25) is 4.79 Å². The smallest absolute Gasteiger partial charge is 0.257 e. The Labute approximate surface area is 169 Å². The molecule has 29 heavy (non-hydrogen) atoms. The number of rotatable bonds is 8. The summed E-state index contributed by atoms with van der Waals surface area (Å²) in [6.07, 6.45) is 5.09. The summed E-state index contributed by atoms with van der Waals surface area (Å²) in [6.45, 7) is 2.25. The van der Waals surface area contributed by atoms with E-state index in [9.17, 15) is 4.79 Å². The first-order valence-corrected chi connectivity index (χ1v) is 9.16. The molecule has 8 heteroatoms. The van der Waals surface area contributed by atoms with Gasteiger partial charge < -0.3 is 24.1 Å². The van der Waals surface area contributed by atoms with Gasteiger partial charge in [-0.15, -0.1) is 0 Å². The lowest BCUT2D eigenvalue weighted by Crippen LogP contribution is -2.31. The van der Waals surface area contributed by atoms with Gasteiger partial charge in [0.2, 0.25) is 5.88 Å². The summed E-state index contributed by atoms with van der Waals surface area (Å²) in [5.74, 6) is 1.86. The number of methoxy groups -OCH3 is 2. The maximum atomic E-state index is 13.1. The normalized spacial score (nSPS) is 11.6. The minimum absolute atomic E-state index is 0.286. The lowest BCUT2D eigenvalue weighted by Gasteiger charge is -2.21. The molecular weight excluding hydrogens is 372 g/mol. The Morgan fingerprint density at radius 1 is 1.14 bits per heavy atom. The molecule has 0 unspecified atom stereocenters. The van der Waals surface area contributed by atoms with E-state index in [0.717, 1.165) is 5.56 Å². The number of aryl methyl sites for hydroxylation is 1. The zero-order valence-electron chi connectivity index (χ0n) is 16.9. The fourth-order valence-electron chi connectivity index (χ4n) is 2.97. The number of nitrogens with zero attached hydrogens (tertiary/aromatic N) is 3. The molecule has 0 spiro atoms. The predicted molar refractivity (Wildman–Crippen MR) is 107 cm³/mol. The van der Waals surface area contributed by atoms with E-state index in [4.69, 9.17) is 14.2 Å². The fraction of sp³-hybridized carbons (Fsp3) is 0.286. The van der Waals surface area contributed by atoms with Gasteiger partial charge in [-0.05, 0) is 36.8 Å². The Hall–Kier alpha value is -3.55. The van der Waals surface area contributed by atoms with Crippen molar-refractivity contribution < 1.29 is 19.0 Å². The monoisotopic (exact) mass is 396 g/mol. The molecule has 1 N–H and O–H groups in total. The van der Waals surface area contributed by atoms with Gasteiger partial charge in [0.1, 0.15) is 28.9 Å². The van der Waals surface area contributed by atoms with Gasteiger partial charge >= 0.3 is 0 Å². The molecule has 2 aromatic heterocycles. The Balaban J connectivity index is 2.02. The van der Waals surface area contributed by atoms with Crippen LogP contribution in [0.3, 0.4) is 0 Å². The second-order valence-electron chi connectivity index (χ2n) is 6.24. The third kappa shape index (κ3) is 4.48. The number of hydrogen-bond acceptors (Lipinski definition) is 6. The third-order valence-electron chi connectivity index (χ3n) is 4.40. The average molecular weight is 396 g/mol. The first-order valence-electron chi connectivity index (χ1n) is 9.16. The van der Waals surface area contributed by atoms with Gasteiger partial charge in [0.25, 0.3) is 5.91 Å². The second-order valence-corrected chi connectivity index (χ2v) is 6.24. The maximum absolute atomic E-state index is 13.1. The largest absolute Gasteiger partial charge is 0.497 e. The highest BCUT2D eigenvalue weighted by Gasteiger charge is 2.24. The van der Waals surface area contributed by atoms with E-state index in [1.807, 2.05) is 36.9 Å². The van der Waals surface area contributed by atoms with Crippen molar-refractivity contribution in [2.75, 3.05) is 20.8 Å². The molecule has 2 heterocycles. The number of imidazole rings is 1. The number of hydrogen-bond donors (Lipinski definition) is 1. The molecule has 0 bridgehead atoms. The highest BCUT2D eigenvalue weighted by atomic mass is 16.5. The van der Waals surface area contributed by atoms with E-state index in [2.05, 4.69) is 15.3 Å². The summed E-state index contributed by atoms with van der Waals surface area (Å²) < 4.78 is 18.1. The number of ether oxygens (including phenoxy) is 3. The van der Waals surface area contributed by atoms with Gasteiger partial charge in [-0.1, -0.05) is 0 Å². The molecular formula is C21H24N4O4. The molecule has 1 aromatic carbocycles. The van der Waals surface area contributed by atoms with Crippen LogP contribution in [0.15, 0.2) is 48.9 Å². The Bertz CT molecular complexity index is 964. The predicted octanol–water partition coefficient (Wildman–Crippen LogP) is 2.75. The van der Waals surface area contributed by atoms with E-state index in [0.29, 0.717) is 29.5 Å². The van der Waals surface area contributed by atoms with E-state index < -0.39 is 6.04 Å². The Kier molecular flexibility index (Phi) is 6.33. The standard InChI is InChI=1S/C21H24N4O4/c1-5-29-21-17(7-6-8-23-21)20(26)24-18(19-22-9-10-25(19)2)14-11-15(27-3)13-16(12-14)28-4/h6-13,18H,5H2,1-4H3,(H,24,26)/t18-/m0/s1. The topological polar surface area (TPSA) is 87.5 Å². The zero-order chi connectivity index (χ0) is 20.8. The lowest BCUT2D eigenvalue weighted by molar-refractivity contribution is 0.0936. The molecule has 152 valence electrons. The minimum Gasteiger partial charge on any atom is -0.497 e. The van der Waals surface area contributed by atoms with E-state index in [-0.39, 0.29) is 11.8 Å². The summed E-state index contributed by atoms with van der Waals surface area (Å²) in [5, 5.41) is 3.04. The molecule has 0 saturated carbocycles. The second kappa shape index (κ2) is 9.09. The van der Waals surface area contributed by atoms with Crippen LogP contribution >= 0.6 is 0 Å². The summed E-state index contributed by atoms with van der Waals surface area (Å²) >= 11 is 0. The van der Waals surface area contributed by atoms with Crippen LogP contribution in [0.2, 0.25) is 0 Å². The number of carbonyl (C=O) groups is 1. The summed E-state index contributed by atoms with van der Waals surface area (Å²) in [5.41, 5.74) is 1.12. The fourth-order valence-corrected chi connectivity index (χ4v) is 2.97. The van der Waals surface area contributed by atoms with Crippen molar-refractivity contribution in [2.24, 2.45) is 7.05 Å². The van der Waals surface area contributed by atoms with Gasteiger partial charge in [0, 0.05) is 31.7 Å². The van der Waals surface area contributed by atoms with E-state index in [1.165, 1.54) is 0 Å². The quantitative estimate of drug-likeness (QED) is 0.630. The van der Waals surface area contributed by atoms with Crippen molar-refractivity contribution >= 4 is 5.91 Å². The highest BCUT2D eigenvalue weighted by molar-refractivity contribution is 5.96. The molecule has 0 aliphatic carbocycles. The molecule has 8 nitrogen and oxygen atoms in total. The first kappa shape index (κ1) is 20.2. The summed E-state index contributed by atoms with van der Waals surface area (Å²) in [6, 6.07) is 8.29. The third-order valence-corrected chi connectivity index (χ3v) is 4.40. The summed E-state index contributed by atoms with van der Waals surface area (Å²) in [7, 11) is 5.03. The van der Waals surface area contributed by atoms with Crippen molar-refractivity contribution in [1.29, 1.82) is 0 Å². The van der Waals surface area contributed by atoms with Crippen molar-refractivity contribution in [3.05, 3.63) is 65.9 Å². The number of amides is 1. The van der Waals surface area contributed by atoms with Gasteiger partial charge in [-0.25, -0.2) is 9.97 Å². The van der Waals surface area contributed by atoms with Gasteiger partial charge in [0.05, 0.1) is 20.8 Å². The number of pyridine rings is 1. The Morgan fingerprint density at radius 2 is 1.86 bits per heavy atom. The van der Waals surface area contributed by atoms with Crippen molar-refractivity contribution in [1.82, 2.24) is 19.9 Å². The van der Waals surface area contributed by atoms with Crippen LogP contribution in [-0.4, -0.2) is 41.3 Å². The number of nitrogens with one attached hydrogen (secondary N) is 1. The molecule has 0 aliphatic rings. The van der Waals surface area contributed by atoms with Crippen LogP contribution in [0.1, 0.15) is 34.7 Å². The average Bonchev–Trinajstić information content (AvgIpc) is 3.17. The number of carbonyl (C=O) groups excluding carboxylic acids is 1. The van der Waals surface area contributed by atoms with Crippen LogP contribution in [0.5, 0.6) is 17.4 Å². The van der Waals surface area contributed by atoms with Crippen LogP contribution in [-0.2, 0) is 7.05 Å². The summed E-state index contributed by atoms with van der Waals surface area (Å²) in [4.78, 5) is 21.7. The molecule has 0 aliphatic heterocycles. The van der Waals surface area contributed by atoms with Gasteiger partial charge in [0.15, 0.2) is 0 Å². The molecule has 3 aromatic rings.